The Hall–Kier alpha value is -3.38. The van der Waals surface area contributed by atoms with Gasteiger partial charge in [-0.1, -0.05) is 47.7 Å². The van der Waals surface area contributed by atoms with Crippen molar-refractivity contribution in [2.75, 3.05) is 18.6 Å². The van der Waals surface area contributed by atoms with E-state index < -0.39 is 0 Å². The second-order valence-corrected chi connectivity index (χ2v) is 7.63. The number of benzene rings is 3. The summed E-state index contributed by atoms with van der Waals surface area (Å²) >= 11 is 1.49. The van der Waals surface area contributed by atoms with Crippen LogP contribution in [0.3, 0.4) is 0 Å². The first-order valence-electron chi connectivity index (χ1n) is 9.73. The number of anilines is 2. The SMILES string of the molecule is CCOc1ccccc1N(C(=O)Cc1ccc(OC)cc1)c1nc2ccccc2s1. The minimum atomic E-state index is -0.0774. The fraction of sp³-hybridized carbons (Fsp3) is 0.167. The zero-order valence-corrected chi connectivity index (χ0v) is 17.7. The molecule has 0 atom stereocenters. The Balaban J connectivity index is 1.75. The van der Waals surface area contributed by atoms with E-state index >= 15 is 0 Å². The minimum absolute atomic E-state index is 0.0774. The van der Waals surface area contributed by atoms with Crippen LogP contribution >= 0.6 is 11.3 Å². The predicted molar refractivity (Wildman–Crippen MR) is 121 cm³/mol. The maximum Gasteiger partial charge on any atom is 0.237 e. The van der Waals surface area contributed by atoms with Crippen LogP contribution in [0.1, 0.15) is 12.5 Å². The summed E-state index contributed by atoms with van der Waals surface area (Å²) in [5.74, 6) is 1.34. The molecule has 0 saturated heterocycles. The van der Waals surface area contributed by atoms with Crippen LogP contribution in [0.5, 0.6) is 11.5 Å². The average Bonchev–Trinajstić information content (AvgIpc) is 3.19. The number of amides is 1. The Kier molecular flexibility index (Phi) is 5.95. The smallest absolute Gasteiger partial charge is 0.237 e. The summed E-state index contributed by atoms with van der Waals surface area (Å²) < 4.78 is 12.1. The molecule has 1 aromatic heterocycles. The largest absolute Gasteiger partial charge is 0.497 e. The first-order valence-corrected chi connectivity index (χ1v) is 10.5. The summed E-state index contributed by atoms with van der Waals surface area (Å²) in [5.41, 5.74) is 2.46. The molecule has 4 aromatic rings. The number of methoxy groups -OCH3 is 1. The molecular weight excluding hydrogens is 396 g/mol. The highest BCUT2D eigenvalue weighted by molar-refractivity contribution is 7.22. The van der Waals surface area contributed by atoms with Crippen LogP contribution in [0.4, 0.5) is 10.8 Å². The van der Waals surface area contributed by atoms with E-state index in [0.29, 0.717) is 23.2 Å². The van der Waals surface area contributed by atoms with E-state index in [2.05, 4.69) is 0 Å². The molecule has 152 valence electrons. The van der Waals surface area contributed by atoms with Gasteiger partial charge < -0.3 is 9.47 Å². The molecule has 0 aliphatic rings. The second kappa shape index (κ2) is 8.97. The van der Waals surface area contributed by atoms with Crippen molar-refractivity contribution in [1.29, 1.82) is 0 Å². The highest BCUT2D eigenvalue weighted by atomic mass is 32.1. The number of fused-ring (bicyclic) bond motifs is 1. The van der Waals surface area contributed by atoms with Gasteiger partial charge in [-0.25, -0.2) is 4.98 Å². The van der Waals surface area contributed by atoms with Crippen molar-refractivity contribution in [3.05, 3.63) is 78.4 Å². The molecule has 5 nitrogen and oxygen atoms in total. The van der Waals surface area contributed by atoms with Gasteiger partial charge in [0.1, 0.15) is 11.5 Å². The van der Waals surface area contributed by atoms with E-state index in [1.54, 1.807) is 12.0 Å². The van der Waals surface area contributed by atoms with E-state index in [1.807, 2.05) is 79.7 Å². The molecule has 0 unspecified atom stereocenters. The molecule has 0 aliphatic heterocycles. The van der Waals surface area contributed by atoms with Crippen molar-refractivity contribution >= 4 is 38.3 Å². The van der Waals surface area contributed by atoms with Crippen LogP contribution in [0.25, 0.3) is 10.2 Å². The quantitative estimate of drug-likeness (QED) is 0.391. The molecule has 0 bridgehead atoms. The molecular formula is C24H22N2O3S. The lowest BCUT2D eigenvalue weighted by Gasteiger charge is -2.22. The summed E-state index contributed by atoms with van der Waals surface area (Å²) in [7, 11) is 1.62. The number of aromatic nitrogens is 1. The van der Waals surface area contributed by atoms with Gasteiger partial charge in [0.05, 0.1) is 36.0 Å². The van der Waals surface area contributed by atoms with Crippen molar-refractivity contribution < 1.29 is 14.3 Å². The number of carbonyl (C=O) groups is 1. The Morgan fingerprint density at radius 1 is 1.00 bits per heavy atom. The zero-order chi connectivity index (χ0) is 20.9. The number of hydrogen-bond donors (Lipinski definition) is 0. The lowest BCUT2D eigenvalue weighted by Crippen LogP contribution is -2.28. The van der Waals surface area contributed by atoms with E-state index in [4.69, 9.17) is 14.5 Å². The first-order chi connectivity index (χ1) is 14.7. The number of carbonyl (C=O) groups excluding carboxylic acids is 1. The third kappa shape index (κ3) is 4.14. The van der Waals surface area contributed by atoms with Gasteiger partial charge in [-0.05, 0) is 48.9 Å². The molecule has 0 fully saturated rings. The van der Waals surface area contributed by atoms with Gasteiger partial charge in [0.2, 0.25) is 5.91 Å². The lowest BCUT2D eigenvalue weighted by molar-refractivity contribution is -0.117. The molecule has 4 rings (SSSR count). The highest BCUT2D eigenvalue weighted by Gasteiger charge is 2.25. The Bertz CT molecular complexity index is 1120. The monoisotopic (exact) mass is 418 g/mol. The Morgan fingerprint density at radius 2 is 1.73 bits per heavy atom. The fourth-order valence-electron chi connectivity index (χ4n) is 3.22. The van der Waals surface area contributed by atoms with Gasteiger partial charge in [0.25, 0.3) is 0 Å². The predicted octanol–water partition coefficient (Wildman–Crippen LogP) is 5.61. The summed E-state index contributed by atoms with van der Waals surface area (Å²) in [6, 6.07) is 23.0. The van der Waals surface area contributed by atoms with Crippen LogP contribution in [-0.2, 0) is 11.2 Å². The third-order valence-corrected chi connectivity index (χ3v) is 5.67. The van der Waals surface area contributed by atoms with Gasteiger partial charge >= 0.3 is 0 Å². The molecule has 0 spiro atoms. The topological polar surface area (TPSA) is 51.7 Å². The Labute approximate surface area is 179 Å². The first kappa shape index (κ1) is 19.9. The van der Waals surface area contributed by atoms with E-state index in [1.165, 1.54) is 11.3 Å². The number of hydrogen-bond acceptors (Lipinski definition) is 5. The van der Waals surface area contributed by atoms with Crippen LogP contribution in [0.2, 0.25) is 0 Å². The van der Waals surface area contributed by atoms with Crippen molar-refractivity contribution in [1.82, 2.24) is 4.98 Å². The molecule has 1 amide bonds. The second-order valence-electron chi connectivity index (χ2n) is 6.62. The summed E-state index contributed by atoms with van der Waals surface area (Å²) in [6.45, 7) is 2.44. The van der Waals surface area contributed by atoms with E-state index in [-0.39, 0.29) is 12.3 Å². The zero-order valence-electron chi connectivity index (χ0n) is 16.9. The summed E-state index contributed by atoms with van der Waals surface area (Å²) in [5, 5.41) is 0.627. The van der Waals surface area contributed by atoms with Crippen molar-refractivity contribution in [2.45, 2.75) is 13.3 Å². The molecule has 0 radical (unpaired) electrons. The van der Waals surface area contributed by atoms with Crippen LogP contribution in [0, 0.1) is 0 Å². The summed E-state index contributed by atoms with van der Waals surface area (Å²) in [4.78, 5) is 19.9. The van der Waals surface area contributed by atoms with Gasteiger partial charge in [-0.3, -0.25) is 9.69 Å². The van der Waals surface area contributed by atoms with E-state index in [0.717, 1.165) is 21.5 Å². The van der Waals surface area contributed by atoms with Crippen LogP contribution in [-0.4, -0.2) is 24.6 Å². The third-order valence-electron chi connectivity index (χ3n) is 4.64. The molecule has 1 heterocycles. The van der Waals surface area contributed by atoms with Gasteiger partial charge in [-0.15, -0.1) is 0 Å². The maximum absolute atomic E-state index is 13.5. The molecule has 0 saturated carbocycles. The maximum atomic E-state index is 13.5. The van der Waals surface area contributed by atoms with Crippen molar-refractivity contribution in [2.24, 2.45) is 0 Å². The standard InChI is InChI=1S/C24H22N2O3S/c1-3-29-21-10-6-5-9-20(21)26(24-25-19-8-4-7-11-22(19)30-24)23(27)16-17-12-14-18(28-2)15-13-17/h4-15H,3,16H2,1-2H3. The van der Waals surface area contributed by atoms with Gasteiger partial charge in [0.15, 0.2) is 5.13 Å². The molecule has 6 heteroatoms. The highest BCUT2D eigenvalue weighted by Crippen LogP contribution is 2.38. The molecule has 0 N–H and O–H groups in total. The van der Waals surface area contributed by atoms with Gasteiger partial charge in [0, 0.05) is 0 Å². The minimum Gasteiger partial charge on any atom is -0.497 e. The van der Waals surface area contributed by atoms with Crippen LogP contribution < -0.4 is 14.4 Å². The average molecular weight is 419 g/mol. The number of nitrogens with zero attached hydrogens (tertiary/aromatic N) is 2. The molecule has 30 heavy (non-hydrogen) atoms. The molecule has 3 aromatic carbocycles. The normalized spacial score (nSPS) is 10.7. The van der Waals surface area contributed by atoms with Crippen LogP contribution in [0.15, 0.2) is 72.8 Å². The Morgan fingerprint density at radius 3 is 2.47 bits per heavy atom. The summed E-state index contributed by atoms with van der Waals surface area (Å²) in [6.07, 6.45) is 0.236. The van der Waals surface area contributed by atoms with Gasteiger partial charge in [-0.2, -0.15) is 0 Å². The fourth-order valence-corrected chi connectivity index (χ4v) is 4.21. The lowest BCUT2D eigenvalue weighted by atomic mass is 10.1. The number of ether oxygens (including phenoxy) is 2. The van der Waals surface area contributed by atoms with E-state index in [9.17, 15) is 4.79 Å². The number of para-hydroxylation sites is 3. The van der Waals surface area contributed by atoms with Crippen molar-refractivity contribution in [3.63, 3.8) is 0 Å². The number of rotatable bonds is 7. The van der Waals surface area contributed by atoms with Crippen molar-refractivity contribution in [3.8, 4) is 11.5 Å². The number of thiazole rings is 1. The molecule has 0 aliphatic carbocycles.